The maximum atomic E-state index is 6.15. The third-order valence-electron chi connectivity index (χ3n) is 2.15. The molecule has 0 saturated heterocycles. The van der Waals surface area contributed by atoms with Crippen LogP contribution in [0.25, 0.3) is 0 Å². The van der Waals surface area contributed by atoms with Crippen LogP contribution in [-0.2, 0) is 19.9 Å². The third-order valence-corrected chi connectivity index (χ3v) is 2.63. The fourth-order valence-electron chi connectivity index (χ4n) is 1.45. The van der Waals surface area contributed by atoms with Crippen LogP contribution in [0.4, 0.5) is 0 Å². The van der Waals surface area contributed by atoms with Gasteiger partial charge in [-0.1, -0.05) is 25.4 Å². The van der Waals surface area contributed by atoms with Gasteiger partial charge in [-0.3, -0.25) is 0 Å². The summed E-state index contributed by atoms with van der Waals surface area (Å²) in [6.07, 6.45) is 1.71. The Kier molecular flexibility index (Phi) is 3.96. The lowest BCUT2D eigenvalue weighted by Gasteiger charge is -2.01. The number of aromatic nitrogens is 2. The topological polar surface area (TPSA) is 43.8 Å². The molecule has 0 saturated carbocycles. The molecule has 0 bridgehead atoms. The minimum absolute atomic E-state index is 0.577. The molecule has 3 nitrogen and oxygen atoms in total. The van der Waals surface area contributed by atoms with Gasteiger partial charge in [0.05, 0.1) is 5.69 Å². The van der Waals surface area contributed by atoms with Gasteiger partial charge in [-0.05, 0) is 18.9 Å². The molecule has 0 aliphatic carbocycles. The monoisotopic (exact) mass is 215 g/mol. The second kappa shape index (κ2) is 4.80. The Balaban J connectivity index is 2.90. The van der Waals surface area contributed by atoms with Gasteiger partial charge in [-0.15, -0.1) is 0 Å². The largest absolute Gasteiger partial charge is 0.330 e. The van der Waals surface area contributed by atoms with E-state index in [1.54, 1.807) is 0 Å². The fourth-order valence-corrected chi connectivity index (χ4v) is 1.67. The second-order valence-corrected chi connectivity index (χ2v) is 4.32. The standard InChI is InChI=1S/C10H18ClN3/c1-7(2)6-8-10(11)14(3)9(13-8)4-5-12/h7H,4-6,12H2,1-3H3. The Bertz CT molecular complexity index is 305. The van der Waals surface area contributed by atoms with Gasteiger partial charge >= 0.3 is 0 Å². The molecule has 0 amide bonds. The molecule has 0 aliphatic rings. The molecule has 14 heavy (non-hydrogen) atoms. The van der Waals surface area contributed by atoms with Crippen molar-refractivity contribution < 1.29 is 0 Å². The molecule has 4 heteroatoms. The minimum Gasteiger partial charge on any atom is -0.330 e. The SMILES string of the molecule is CC(C)Cc1nc(CCN)n(C)c1Cl. The van der Waals surface area contributed by atoms with E-state index in [4.69, 9.17) is 17.3 Å². The van der Waals surface area contributed by atoms with E-state index < -0.39 is 0 Å². The van der Waals surface area contributed by atoms with Gasteiger partial charge in [0.15, 0.2) is 0 Å². The molecule has 0 atom stereocenters. The van der Waals surface area contributed by atoms with Gasteiger partial charge in [0.2, 0.25) is 0 Å². The highest BCUT2D eigenvalue weighted by Gasteiger charge is 2.12. The van der Waals surface area contributed by atoms with E-state index >= 15 is 0 Å². The van der Waals surface area contributed by atoms with Gasteiger partial charge < -0.3 is 10.3 Å². The molecule has 1 heterocycles. The van der Waals surface area contributed by atoms with Crippen LogP contribution in [0.2, 0.25) is 5.15 Å². The second-order valence-electron chi connectivity index (χ2n) is 3.96. The van der Waals surface area contributed by atoms with Crippen LogP contribution in [0.15, 0.2) is 0 Å². The van der Waals surface area contributed by atoms with Crippen molar-refractivity contribution in [1.82, 2.24) is 9.55 Å². The highest BCUT2D eigenvalue weighted by Crippen LogP contribution is 2.19. The van der Waals surface area contributed by atoms with Crippen molar-refractivity contribution in [2.75, 3.05) is 6.54 Å². The van der Waals surface area contributed by atoms with Crippen molar-refractivity contribution >= 4 is 11.6 Å². The molecule has 0 radical (unpaired) electrons. The number of halogens is 1. The molecule has 0 aliphatic heterocycles. The van der Waals surface area contributed by atoms with Crippen LogP contribution in [0.1, 0.15) is 25.4 Å². The Labute approximate surface area is 90.3 Å². The van der Waals surface area contributed by atoms with E-state index in [1.807, 2.05) is 11.6 Å². The quantitative estimate of drug-likeness (QED) is 0.832. The molecule has 1 aromatic heterocycles. The first kappa shape index (κ1) is 11.5. The fraction of sp³-hybridized carbons (Fsp3) is 0.700. The molecule has 80 valence electrons. The molecular weight excluding hydrogens is 198 g/mol. The summed E-state index contributed by atoms with van der Waals surface area (Å²) in [7, 11) is 1.93. The van der Waals surface area contributed by atoms with Crippen molar-refractivity contribution in [3.63, 3.8) is 0 Å². The van der Waals surface area contributed by atoms with E-state index in [2.05, 4.69) is 18.8 Å². The summed E-state index contributed by atoms with van der Waals surface area (Å²) in [5.41, 5.74) is 6.49. The van der Waals surface area contributed by atoms with Gasteiger partial charge in [0, 0.05) is 13.5 Å². The van der Waals surface area contributed by atoms with Crippen LogP contribution < -0.4 is 5.73 Å². The van der Waals surface area contributed by atoms with Crippen molar-refractivity contribution in [2.24, 2.45) is 18.7 Å². The first-order valence-corrected chi connectivity index (χ1v) is 5.34. The van der Waals surface area contributed by atoms with Gasteiger partial charge in [-0.2, -0.15) is 0 Å². The average molecular weight is 216 g/mol. The summed E-state index contributed by atoms with van der Waals surface area (Å²) in [6.45, 7) is 4.93. The summed E-state index contributed by atoms with van der Waals surface area (Å²) in [5.74, 6) is 1.56. The average Bonchev–Trinajstić information content (AvgIpc) is 2.34. The van der Waals surface area contributed by atoms with E-state index in [1.165, 1.54) is 0 Å². The van der Waals surface area contributed by atoms with Gasteiger partial charge in [0.25, 0.3) is 0 Å². The highest BCUT2D eigenvalue weighted by atomic mass is 35.5. The minimum atomic E-state index is 0.577. The van der Waals surface area contributed by atoms with E-state index in [9.17, 15) is 0 Å². The third kappa shape index (κ3) is 2.49. The van der Waals surface area contributed by atoms with E-state index in [0.29, 0.717) is 12.5 Å². The first-order chi connectivity index (χ1) is 6.56. The van der Waals surface area contributed by atoms with Crippen LogP contribution >= 0.6 is 11.6 Å². The molecular formula is C10H18ClN3. The molecule has 0 aromatic carbocycles. The summed E-state index contributed by atoms with van der Waals surface area (Å²) in [6, 6.07) is 0. The zero-order valence-electron chi connectivity index (χ0n) is 9.05. The van der Waals surface area contributed by atoms with Gasteiger partial charge in [-0.25, -0.2) is 4.98 Å². The first-order valence-electron chi connectivity index (χ1n) is 4.96. The highest BCUT2D eigenvalue weighted by molar-refractivity contribution is 6.30. The maximum Gasteiger partial charge on any atom is 0.131 e. The van der Waals surface area contributed by atoms with Crippen molar-refractivity contribution in [3.8, 4) is 0 Å². The predicted octanol–water partition coefficient (Wildman–Crippen LogP) is 1.77. The number of rotatable bonds is 4. The van der Waals surface area contributed by atoms with E-state index in [-0.39, 0.29) is 0 Å². The summed E-state index contributed by atoms with van der Waals surface area (Å²) >= 11 is 6.15. The zero-order chi connectivity index (χ0) is 10.7. The summed E-state index contributed by atoms with van der Waals surface area (Å²) < 4.78 is 1.92. The Hall–Kier alpha value is -0.540. The Morgan fingerprint density at radius 2 is 2.14 bits per heavy atom. The molecule has 1 aromatic rings. The smallest absolute Gasteiger partial charge is 0.131 e. The number of nitrogens with zero attached hydrogens (tertiary/aromatic N) is 2. The lowest BCUT2D eigenvalue weighted by atomic mass is 10.1. The molecule has 0 unspecified atom stereocenters. The Morgan fingerprint density at radius 1 is 1.50 bits per heavy atom. The number of hydrogen-bond donors (Lipinski definition) is 1. The van der Waals surface area contributed by atoms with Crippen molar-refractivity contribution in [1.29, 1.82) is 0 Å². The number of hydrogen-bond acceptors (Lipinski definition) is 2. The van der Waals surface area contributed by atoms with Crippen molar-refractivity contribution in [3.05, 3.63) is 16.7 Å². The molecule has 0 spiro atoms. The molecule has 1 rings (SSSR count). The molecule has 0 fully saturated rings. The van der Waals surface area contributed by atoms with Crippen LogP contribution in [-0.4, -0.2) is 16.1 Å². The lowest BCUT2D eigenvalue weighted by molar-refractivity contribution is 0.636. The predicted molar refractivity (Wildman–Crippen MR) is 59.5 cm³/mol. The zero-order valence-corrected chi connectivity index (χ0v) is 9.80. The maximum absolute atomic E-state index is 6.15. The normalized spacial score (nSPS) is 11.3. The lowest BCUT2D eigenvalue weighted by Crippen LogP contribution is -2.07. The van der Waals surface area contributed by atoms with Crippen LogP contribution in [0.3, 0.4) is 0 Å². The number of nitrogens with two attached hydrogens (primary N) is 1. The Morgan fingerprint density at radius 3 is 2.64 bits per heavy atom. The summed E-state index contributed by atoms with van der Waals surface area (Å²) in [5, 5.41) is 0.752. The number of imidazole rings is 1. The van der Waals surface area contributed by atoms with E-state index in [0.717, 1.165) is 29.5 Å². The van der Waals surface area contributed by atoms with Crippen molar-refractivity contribution in [2.45, 2.75) is 26.7 Å². The van der Waals surface area contributed by atoms with Gasteiger partial charge in [0.1, 0.15) is 11.0 Å². The summed E-state index contributed by atoms with van der Waals surface area (Å²) in [4.78, 5) is 4.49. The van der Waals surface area contributed by atoms with Crippen LogP contribution in [0, 0.1) is 5.92 Å². The van der Waals surface area contributed by atoms with Crippen LogP contribution in [0.5, 0.6) is 0 Å². The molecule has 2 N–H and O–H groups in total.